The highest BCUT2D eigenvalue weighted by atomic mass is 79.9. The number of anilines is 1. The lowest BCUT2D eigenvalue weighted by Gasteiger charge is -2.34. The van der Waals surface area contributed by atoms with Crippen molar-refractivity contribution >= 4 is 27.5 Å². The van der Waals surface area contributed by atoms with Crippen LogP contribution in [0.15, 0.2) is 22.7 Å². The monoisotopic (exact) mass is 357 g/mol. The molecule has 2 rings (SSSR count). The molecule has 2 atom stereocenters. The average Bonchev–Trinajstić information content (AvgIpc) is 2.42. The zero-order valence-corrected chi connectivity index (χ0v) is 13.7. The fourth-order valence-corrected chi connectivity index (χ4v) is 2.98. The van der Waals surface area contributed by atoms with Gasteiger partial charge in [-0.15, -0.1) is 0 Å². The van der Waals surface area contributed by atoms with Crippen LogP contribution in [0.5, 0.6) is 0 Å². The molecular weight excluding hydrogens is 337 g/mol. The maximum Gasteiger partial charge on any atom is 0.238 e. The molecule has 1 heterocycles. The maximum atomic E-state index is 13.7. The number of likely N-dealkylation sites (tertiary alicyclic amines) is 1. The highest BCUT2D eigenvalue weighted by Crippen LogP contribution is 2.20. The Bertz CT molecular complexity index is 510. The Balaban J connectivity index is 1.89. The van der Waals surface area contributed by atoms with Crippen molar-refractivity contribution in [2.24, 2.45) is 11.7 Å². The number of rotatable bonds is 4. The topological polar surface area (TPSA) is 58.4 Å². The Kier molecular flexibility index (Phi) is 5.72. The third-order valence-electron chi connectivity index (χ3n) is 3.86. The van der Waals surface area contributed by atoms with Crippen molar-refractivity contribution < 1.29 is 9.18 Å². The summed E-state index contributed by atoms with van der Waals surface area (Å²) in [4.78, 5) is 14.1. The van der Waals surface area contributed by atoms with Crippen molar-refractivity contribution in [2.45, 2.75) is 25.8 Å². The zero-order chi connectivity index (χ0) is 15.4. The summed E-state index contributed by atoms with van der Waals surface area (Å²) in [5.74, 6) is -0.206. The molecule has 1 aliphatic heterocycles. The van der Waals surface area contributed by atoms with Gasteiger partial charge in [-0.1, -0.05) is 15.9 Å². The summed E-state index contributed by atoms with van der Waals surface area (Å²) in [6.07, 6.45) is 2.16. The molecule has 0 saturated carbocycles. The first-order valence-electron chi connectivity index (χ1n) is 7.18. The Hall–Kier alpha value is -0.980. The summed E-state index contributed by atoms with van der Waals surface area (Å²) < 4.78 is 14.3. The highest BCUT2D eigenvalue weighted by Gasteiger charge is 2.24. The van der Waals surface area contributed by atoms with Crippen LogP contribution >= 0.6 is 15.9 Å². The lowest BCUT2D eigenvalue weighted by Crippen LogP contribution is -2.45. The first-order valence-corrected chi connectivity index (χ1v) is 7.98. The maximum absolute atomic E-state index is 13.7. The molecule has 0 radical (unpaired) electrons. The van der Waals surface area contributed by atoms with E-state index in [2.05, 4.69) is 26.1 Å². The largest absolute Gasteiger partial charge is 0.328 e. The smallest absolute Gasteiger partial charge is 0.238 e. The Morgan fingerprint density at radius 3 is 3.05 bits per heavy atom. The second-order valence-electron chi connectivity index (χ2n) is 5.67. The van der Waals surface area contributed by atoms with Gasteiger partial charge in [0.2, 0.25) is 5.91 Å². The fourth-order valence-electron chi connectivity index (χ4n) is 2.65. The third kappa shape index (κ3) is 4.76. The highest BCUT2D eigenvalue weighted by molar-refractivity contribution is 9.10. The van der Waals surface area contributed by atoms with Crippen LogP contribution in [0.2, 0.25) is 0 Å². The number of carbonyl (C=O) groups is 1. The molecule has 0 aromatic heterocycles. The van der Waals surface area contributed by atoms with Crippen molar-refractivity contribution in [3.63, 3.8) is 0 Å². The molecule has 2 unspecified atom stereocenters. The molecule has 21 heavy (non-hydrogen) atoms. The minimum absolute atomic E-state index is 0.139. The van der Waals surface area contributed by atoms with Crippen molar-refractivity contribution in [3.05, 3.63) is 28.5 Å². The van der Waals surface area contributed by atoms with Crippen molar-refractivity contribution in [3.8, 4) is 0 Å². The second-order valence-corrected chi connectivity index (χ2v) is 6.58. The van der Waals surface area contributed by atoms with Gasteiger partial charge in [-0.05, 0) is 50.4 Å². The first-order chi connectivity index (χ1) is 9.95. The van der Waals surface area contributed by atoms with Crippen LogP contribution in [0, 0.1) is 11.7 Å². The fraction of sp³-hybridized carbons (Fsp3) is 0.533. The molecule has 0 aliphatic carbocycles. The van der Waals surface area contributed by atoms with Gasteiger partial charge in [0, 0.05) is 17.1 Å². The van der Waals surface area contributed by atoms with E-state index < -0.39 is 5.82 Å². The summed E-state index contributed by atoms with van der Waals surface area (Å²) in [7, 11) is 0. The summed E-state index contributed by atoms with van der Waals surface area (Å²) in [5.41, 5.74) is 6.15. The lowest BCUT2D eigenvalue weighted by atomic mass is 9.92. The SMILES string of the molecule is CC(N)C1CCCN(CC(=O)Nc2ccc(Br)cc2F)C1. The summed E-state index contributed by atoms with van der Waals surface area (Å²) in [6.45, 7) is 4.00. The van der Waals surface area contributed by atoms with E-state index in [1.807, 2.05) is 6.92 Å². The molecule has 4 nitrogen and oxygen atoms in total. The van der Waals surface area contributed by atoms with E-state index >= 15 is 0 Å². The molecule has 3 N–H and O–H groups in total. The summed E-state index contributed by atoms with van der Waals surface area (Å²) >= 11 is 3.19. The molecule has 0 bridgehead atoms. The lowest BCUT2D eigenvalue weighted by molar-refractivity contribution is -0.117. The number of halogens is 2. The number of piperidine rings is 1. The van der Waals surface area contributed by atoms with Crippen LogP contribution in [0.3, 0.4) is 0 Å². The van der Waals surface area contributed by atoms with E-state index in [-0.39, 0.29) is 24.2 Å². The summed E-state index contributed by atoms with van der Waals surface area (Å²) in [6, 6.07) is 4.73. The Morgan fingerprint density at radius 1 is 1.62 bits per heavy atom. The van der Waals surface area contributed by atoms with E-state index in [4.69, 9.17) is 5.73 Å². The number of hydrogen-bond donors (Lipinski definition) is 2. The molecule has 1 aliphatic rings. The van der Waals surface area contributed by atoms with Gasteiger partial charge in [-0.3, -0.25) is 9.69 Å². The van der Waals surface area contributed by atoms with Crippen molar-refractivity contribution in [2.75, 3.05) is 25.0 Å². The van der Waals surface area contributed by atoms with Crippen LogP contribution in [0.1, 0.15) is 19.8 Å². The van der Waals surface area contributed by atoms with Gasteiger partial charge in [0.25, 0.3) is 0 Å². The number of benzene rings is 1. The number of nitrogens with one attached hydrogen (secondary N) is 1. The molecule has 116 valence electrons. The van der Waals surface area contributed by atoms with Crippen LogP contribution < -0.4 is 11.1 Å². The quantitative estimate of drug-likeness (QED) is 0.870. The molecule has 1 aromatic rings. The Labute approximate surface area is 133 Å². The number of carbonyl (C=O) groups excluding carboxylic acids is 1. The van der Waals surface area contributed by atoms with E-state index in [9.17, 15) is 9.18 Å². The zero-order valence-electron chi connectivity index (χ0n) is 12.1. The summed E-state index contributed by atoms with van der Waals surface area (Å²) in [5, 5.41) is 2.62. The van der Waals surface area contributed by atoms with Crippen molar-refractivity contribution in [1.82, 2.24) is 4.90 Å². The third-order valence-corrected chi connectivity index (χ3v) is 4.35. The number of nitrogens with zero attached hydrogens (tertiary/aromatic N) is 1. The van der Waals surface area contributed by atoms with E-state index in [1.165, 1.54) is 6.07 Å². The van der Waals surface area contributed by atoms with Gasteiger partial charge in [0.1, 0.15) is 5.82 Å². The number of hydrogen-bond acceptors (Lipinski definition) is 3. The van der Waals surface area contributed by atoms with Gasteiger partial charge in [-0.25, -0.2) is 4.39 Å². The average molecular weight is 358 g/mol. The van der Waals surface area contributed by atoms with Gasteiger partial charge >= 0.3 is 0 Å². The number of amides is 1. The van der Waals surface area contributed by atoms with E-state index in [1.54, 1.807) is 12.1 Å². The van der Waals surface area contributed by atoms with Gasteiger partial charge in [0.05, 0.1) is 12.2 Å². The minimum Gasteiger partial charge on any atom is -0.328 e. The van der Waals surface area contributed by atoms with Gasteiger partial charge in [-0.2, -0.15) is 0 Å². The minimum atomic E-state index is -0.440. The Morgan fingerprint density at radius 2 is 2.38 bits per heavy atom. The van der Waals surface area contributed by atoms with Crippen LogP contribution in [-0.2, 0) is 4.79 Å². The second kappa shape index (κ2) is 7.33. The van der Waals surface area contributed by atoms with Gasteiger partial charge < -0.3 is 11.1 Å². The molecule has 1 saturated heterocycles. The first kappa shape index (κ1) is 16.4. The van der Waals surface area contributed by atoms with Crippen LogP contribution in [0.4, 0.5) is 10.1 Å². The standard InChI is InChI=1S/C15H21BrFN3O/c1-10(18)11-3-2-6-20(8-11)9-15(21)19-14-5-4-12(16)7-13(14)17/h4-5,7,10-11H,2-3,6,8-9,18H2,1H3,(H,19,21). The predicted octanol–water partition coefficient (Wildman–Crippen LogP) is 2.59. The molecule has 1 fully saturated rings. The predicted molar refractivity (Wildman–Crippen MR) is 85.5 cm³/mol. The molecule has 6 heteroatoms. The van der Waals surface area contributed by atoms with E-state index in [0.717, 1.165) is 25.9 Å². The van der Waals surface area contributed by atoms with Crippen molar-refractivity contribution in [1.29, 1.82) is 0 Å². The molecular formula is C15H21BrFN3O. The van der Waals surface area contributed by atoms with Gasteiger partial charge in [0.15, 0.2) is 0 Å². The van der Waals surface area contributed by atoms with E-state index in [0.29, 0.717) is 10.4 Å². The normalized spacial score (nSPS) is 21.0. The number of nitrogens with two attached hydrogens (primary N) is 1. The van der Waals surface area contributed by atoms with Crippen LogP contribution in [0.25, 0.3) is 0 Å². The molecule has 1 amide bonds. The molecule has 1 aromatic carbocycles. The van der Waals surface area contributed by atoms with Crippen LogP contribution in [-0.4, -0.2) is 36.5 Å². The molecule has 0 spiro atoms.